The first kappa shape index (κ1) is 11.5. The van der Waals surface area contributed by atoms with Gasteiger partial charge in [-0.3, -0.25) is 4.79 Å². The Kier molecular flexibility index (Phi) is 3.35. The SMILES string of the molecule is COC(=O)/C=C/[C@@H]1O[C@@H]1C(=O)c1ccccc1. The van der Waals surface area contributed by atoms with E-state index in [4.69, 9.17) is 4.74 Å². The van der Waals surface area contributed by atoms with Crippen LogP contribution in [0.25, 0.3) is 0 Å². The van der Waals surface area contributed by atoms with Gasteiger partial charge in [-0.2, -0.15) is 0 Å². The van der Waals surface area contributed by atoms with Crippen molar-refractivity contribution in [2.75, 3.05) is 7.11 Å². The molecule has 1 aromatic carbocycles. The summed E-state index contributed by atoms with van der Waals surface area (Å²) in [5, 5.41) is 0. The highest BCUT2D eigenvalue weighted by Crippen LogP contribution is 2.27. The highest BCUT2D eigenvalue weighted by molar-refractivity contribution is 6.01. The van der Waals surface area contributed by atoms with Gasteiger partial charge in [0, 0.05) is 11.6 Å². The zero-order valence-corrected chi connectivity index (χ0v) is 9.33. The Hall–Kier alpha value is -1.94. The fourth-order valence-electron chi connectivity index (χ4n) is 1.49. The highest BCUT2D eigenvalue weighted by atomic mass is 16.6. The van der Waals surface area contributed by atoms with Gasteiger partial charge < -0.3 is 9.47 Å². The van der Waals surface area contributed by atoms with Gasteiger partial charge in [-0.15, -0.1) is 0 Å². The summed E-state index contributed by atoms with van der Waals surface area (Å²) < 4.78 is 9.63. The number of methoxy groups -OCH3 is 1. The lowest BCUT2D eigenvalue weighted by atomic mass is 10.1. The molecule has 0 amide bonds. The monoisotopic (exact) mass is 232 g/mol. The van der Waals surface area contributed by atoms with Crippen LogP contribution in [0.1, 0.15) is 10.4 Å². The highest BCUT2D eigenvalue weighted by Gasteiger charge is 2.43. The van der Waals surface area contributed by atoms with Gasteiger partial charge in [-0.25, -0.2) is 4.79 Å². The number of esters is 1. The van der Waals surface area contributed by atoms with Crippen molar-refractivity contribution in [1.29, 1.82) is 0 Å². The number of carbonyl (C=O) groups is 2. The second kappa shape index (κ2) is 4.93. The molecule has 2 atom stereocenters. The minimum Gasteiger partial charge on any atom is -0.466 e. The van der Waals surface area contributed by atoms with Gasteiger partial charge in [0.2, 0.25) is 0 Å². The van der Waals surface area contributed by atoms with Crippen molar-refractivity contribution in [3.63, 3.8) is 0 Å². The molecule has 0 bridgehead atoms. The molecule has 1 aliphatic heterocycles. The molecule has 0 spiro atoms. The van der Waals surface area contributed by atoms with E-state index < -0.39 is 12.1 Å². The van der Waals surface area contributed by atoms with Gasteiger partial charge in [0.05, 0.1) is 7.11 Å². The molecule has 17 heavy (non-hydrogen) atoms. The van der Waals surface area contributed by atoms with Gasteiger partial charge in [0.1, 0.15) is 6.10 Å². The van der Waals surface area contributed by atoms with Crippen molar-refractivity contribution in [2.24, 2.45) is 0 Å². The van der Waals surface area contributed by atoms with Crippen LogP contribution in [-0.4, -0.2) is 31.1 Å². The molecule has 1 saturated heterocycles. The van der Waals surface area contributed by atoms with Crippen LogP contribution >= 0.6 is 0 Å². The molecular weight excluding hydrogens is 220 g/mol. The molecule has 0 unspecified atom stereocenters. The van der Waals surface area contributed by atoms with Gasteiger partial charge in [0.15, 0.2) is 11.9 Å². The van der Waals surface area contributed by atoms with E-state index in [9.17, 15) is 9.59 Å². The van der Waals surface area contributed by atoms with Crippen molar-refractivity contribution in [3.8, 4) is 0 Å². The van der Waals surface area contributed by atoms with Crippen LogP contribution in [0.2, 0.25) is 0 Å². The molecule has 0 aromatic heterocycles. The average Bonchev–Trinajstić information content (AvgIpc) is 3.15. The van der Waals surface area contributed by atoms with E-state index in [0.717, 1.165) is 0 Å². The fraction of sp³-hybridized carbons (Fsp3) is 0.231. The molecule has 4 nitrogen and oxygen atoms in total. The summed E-state index contributed by atoms with van der Waals surface area (Å²) in [6, 6.07) is 8.93. The van der Waals surface area contributed by atoms with Crippen molar-refractivity contribution in [2.45, 2.75) is 12.2 Å². The van der Waals surface area contributed by atoms with Crippen LogP contribution in [0.5, 0.6) is 0 Å². The number of Topliss-reactive ketones (excluding diaryl/α,β-unsaturated/α-hetero) is 1. The van der Waals surface area contributed by atoms with Crippen LogP contribution in [-0.2, 0) is 14.3 Å². The van der Waals surface area contributed by atoms with Gasteiger partial charge in [-0.1, -0.05) is 30.3 Å². The first-order chi connectivity index (χ1) is 8.22. The van der Waals surface area contributed by atoms with E-state index >= 15 is 0 Å². The minimum atomic E-state index is -0.474. The molecule has 0 radical (unpaired) electrons. The first-order valence-corrected chi connectivity index (χ1v) is 5.23. The molecule has 88 valence electrons. The summed E-state index contributed by atoms with van der Waals surface area (Å²) in [6.07, 6.45) is 2.01. The molecule has 1 aromatic rings. The van der Waals surface area contributed by atoms with Crippen molar-refractivity contribution in [1.82, 2.24) is 0 Å². The van der Waals surface area contributed by atoms with Crippen molar-refractivity contribution >= 4 is 11.8 Å². The van der Waals surface area contributed by atoms with Crippen molar-refractivity contribution in [3.05, 3.63) is 48.0 Å². The summed E-state index contributed by atoms with van der Waals surface area (Å²) in [4.78, 5) is 22.7. The molecule has 1 fully saturated rings. The summed E-state index contributed by atoms with van der Waals surface area (Å²) in [7, 11) is 1.30. The maximum absolute atomic E-state index is 11.9. The lowest BCUT2D eigenvalue weighted by Gasteiger charge is -1.94. The zero-order chi connectivity index (χ0) is 12.3. The summed E-state index contributed by atoms with van der Waals surface area (Å²) in [6.45, 7) is 0. The zero-order valence-electron chi connectivity index (χ0n) is 9.33. The molecule has 0 N–H and O–H groups in total. The third-order valence-electron chi connectivity index (χ3n) is 2.47. The number of rotatable bonds is 4. The number of ketones is 1. The topological polar surface area (TPSA) is 55.9 Å². The largest absolute Gasteiger partial charge is 0.466 e. The summed E-state index contributed by atoms with van der Waals surface area (Å²) in [5.74, 6) is -0.517. The van der Waals surface area contributed by atoms with Gasteiger partial charge >= 0.3 is 5.97 Å². The lowest BCUT2D eigenvalue weighted by molar-refractivity contribution is -0.134. The normalized spacial score (nSPS) is 22.4. The lowest BCUT2D eigenvalue weighted by Crippen LogP contribution is -2.09. The molecule has 4 heteroatoms. The standard InChI is InChI=1S/C13H12O4/c1-16-11(14)8-7-10-13(17-10)12(15)9-5-3-2-4-6-9/h2-8,10,13H,1H3/b8-7+/t10-,13-/m0/s1. The summed E-state index contributed by atoms with van der Waals surface area (Å²) in [5.41, 5.74) is 0.617. The molecule has 1 heterocycles. The minimum absolute atomic E-state index is 0.0647. The Bertz CT molecular complexity index is 450. The quantitative estimate of drug-likeness (QED) is 0.340. The van der Waals surface area contributed by atoms with Crippen molar-refractivity contribution < 1.29 is 19.1 Å². The molecule has 2 rings (SSSR count). The van der Waals surface area contributed by atoms with Crippen LogP contribution in [0, 0.1) is 0 Å². The third kappa shape index (κ3) is 2.79. The molecule has 0 saturated carbocycles. The second-order valence-corrected chi connectivity index (χ2v) is 3.63. The Morgan fingerprint density at radius 1 is 1.29 bits per heavy atom. The van der Waals surface area contributed by atoms with E-state index in [-0.39, 0.29) is 11.9 Å². The summed E-state index contributed by atoms with van der Waals surface area (Å²) >= 11 is 0. The number of benzene rings is 1. The van der Waals surface area contributed by atoms with E-state index in [2.05, 4.69) is 4.74 Å². The smallest absolute Gasteiger partial charge is 0.330 e. The van der Waals surface area contributed by atoms with E-state index in [1.807, 2.05) is 6.07 Å². The maximum Gasteiger partial charge on any atom is 0.330 e. The molecule has 1 aliphatic rings. The average molecular weight is 232 g/mol. The second-order valence-electron chi connectivity index (χ2n) is 3.63. The Morgan fingerprint density at radius 2 is 2.00 bits per heavy atom. The predicted molar refractivity (Wildman–Crippen MR) is 60.6 cm³/mol. The van der Waals surface area contributed by atoms with E-state index in [1.54, 1.807) is 24.3 Å². The molecular formula is C13H12O4. The number of hydrogen-bond acceptors (Lipinski definition) is 4. The maximum atomic E-state index is 11.9. The Balaban J connectivity index is 1.93. The van der Waals surface area contributed by atoms with Crippen LogP contribution in [0.15, 0.2) is 42.5 Å². The third-order valence-corrected chi connectivity index (χ3v) is 2.47. The number of ether oxygens (including phenoxy) is 2. The molecule has 0 aliphatic carbocycles. The van der Waals surface area contributed by atoms with Crippen LogP contribution in [0.3, 0.4) is 0 Å². The van der Waals surface area contributed by atoms with Gasteiger partial charge in [-0.05, 0) is 6.08 Å². The number of epoxide rings is 1. The fourth-order valence-corrected chi connectivity index (χ4v) is 1.49. The Morgan fingerprint density at radius 3 is 2.65 bits per heavy atom. The van der Waals surface area contributed by atoms with E-state index in [0.29, 0.717) is 5.56 Å². The first-order valence-electron chi connectivity index (χ1n) is 5.23. The number of hydrogen-bond donors (Lipinski definition) is 0. The van der Waals surface area contributed by atoms with Crippen LogP contribution in [0.4, 0.5) is 0 Å². The predicted octanol–water partition coefficient (Wildman–Crippen LogP) is 1.37. The Labute approximate surface area is 98.8 Å². The van der Waals surface area contributed by atoms with Crippen LogP contribution < -0.4 is 0 Å². The van der Waals surface area contributed by atoms with E-state index in [1.165, 1.54) is 19.3 Å². The number of carbonyl (C=O) groups excluding carboxylic acids is 2. The van der Waals surface area contributed by atoms with Gasteiger partial charge in [0.25, 0.3) is 0 Å².